The molecule has 1 amide bonds. The summed E-state index contributed by atoms with van der Waals surface area (Å²) in [5, 5.41) is 11.5. The minimum absolute atomic E-state index is 0.100. The number of nitrogens with one attached hydrogen (secondary N) is 2. The normalized spacial score (nSPS) is 17.6. The molecule has 2 atom stereocenters. The number of nitrogens with zero attached hydrogens (tertiary/aromatic N) is 1. The summed E-state index contributed by atoms with van der Waals surface area (Å²) < 4.78 is 16.4. The van der Waals surface area contributed by atoms with Crippen LogP contribution in [0.5, 0.6) is 5.75 Å². The molecular formula is C27H37N3O4. The molecule has 0 aliphatic carbocycles. The first-order chi connectivity index (χ1) is 16.2. The molecule has 0 aromatic heterocycles. The third kappa shape index (κ3) is 5.89. The molecular weight excluding hydrogens is 430 g/mol. The maximum Gasteiger partial charge on any atom is 0.412 e. The third-order valence-electron chi connectivity index (χ3n) is 5.88. The Morgan fingerprint density at radius 2 is 1.85 bits per heavy atom. The summed E-state index contributed by atoms with van der Waals surface area (Å²) in [7, 11) is 3.15. The number of benzene rings is 2. The van der Waals surface area contributed by atoms with E-state index in [2.05, 4.69) is 18.3 Å². The average molecular weight is 468 g/mol. The largest absolute Gasteiger partial charge is 0.497 e. The number of carbonyl (C=O) groups is 1. The highest BCUT2D eigenvalue weighted by atomic mass is 16.6. The first-order valence-electron chi connectivity index (χ1n) is 11.8. The van der Waals surface area contributed by atoms with Crippen LogP contribution in [0.4, 0.5) is 4.79 Å². The van der Waals surface area contributed by atoms with Crippen LogP contribution in [0.2, 0.25) is 0 Å². The molecule has 3 rings (SSSR count). The maximum atomic E-state index is 13.6. The van der Waals surface area contributed by atoms with Crippen molar-refractivity contribution in [3.8, 4) is 5.75 Å². The molecule has 0 fully saturated rings. The standard InChI is InChI=1S/C27H37N3O4/c1-7-8-15-29-23-17-20-16-21(32-5)13-14-22(20)24(30(23)26(31)34-27(2,3)4)18-9-11-19(12-10-18)25(28)33-6/h9-14,16,23-24,28-29H,7-8,15,17H2,1-6H3/t23-,24+/m1/s1. The quantitative estimate of drug-likeness (QED) is 0.329. The summed E-state index contributed by atoms with van der Waals surface area (Å²) in [5.74, 6) is 0.892. The molecule has 184 valence electrons. The number of amides is 1. The van der Waals surface area contributed by atoms with Crippen molar-refractivity contribution >= 4 is 12.0 Å². The Balaban J connectivity index is 2.11. The molecule has 0 bridgehead atoms. The highest BCUT2D eigenvalue weighted by Crippen LogP contribution is 2.39. The molecule has 0 spiro atoms. The van der Waals surface area contributed by atoms with Crippen molar-refractivity contribution in [2.45, 2.75) is 64.8 Å². The second kappa shape index (κ2) is 10.9. The van der Waals surface area contributed by atoms with Crippen molar-refractivity contribution in [2.24, 2.45) is 0 Å². The predicted molar refractivity (Wildman–Crippen MR) is 134 cm³/mol. The fourth-order valence-corrected chi connectivity index (χ4v) is 4.23. The Bertz CT molecular complexity index is 998. The van der Waals surface area contributed by atoms with Crippen LogP contribution >= 0.6 is 0 Å². The Hall–Kier alpha value is -3.06. The van der Waals surface area contributed by atoms with Gasteiger partial charge in [0.25, 0.3) is 0 Å². The number of unbranched alkanes of at least 4 members (excludes halogenated alkanes) is 1. The second-order valence-electron chi connectivity index (χ2n) is 9.54. The number of hydrogen-bond donors (Lipinski definition) is 2. The molecule has 2 N–H and O–H groups in total. The van der Waals surface area contributed by atoms with Crippen LogP contribution in [0, 0.1) is 5.41 Å². The molecule has 0 radical (unpaired) electrons. The summed E-state index contributed by atoms with van der Waals surface area (Å²) in [6.45, 7) is 8.60. The van der Waals surface area contributed by atoms with Gasteiger partial charge in [0.05, 0.1) is 26.4 Å². The van der Waals surface area contributed by atoms with Crippen LogP contribution in [-0.2, 0) is 15.9 Å². The lowest BCUT2D eigenvalue weighted by Crippen LogP contribution is -2.55. The van der Waals surface area contributed by atoms with Crippen LogP contribution in [0.3, 0.4) is 0 Å². The van der Waals surface area contributed by atoms with Crippen molar-refractivity contribution in [3.05, 3.63) is 64.7 Å². The van der Waals surface area contributed by atoms with Gasteiger partial charge < -0.3 is 14.2 Å². The van der Waals surface area contributed by atoms with Gasteiger partial charge in [0.1, 0.15) is 11.4 Å². The topological polar surface area (TPSA) is 83.9 Å². The summed E-state index contributed by atoms with van der Waals surface area (Å²) in [6, 6.07) is 13.3. The van der Waals surface area contributed by atoms with Crippen molar-refractivity contribution in [1.29, 1.82) is 5.41 Å². The molecule has 7 heteroatoms. The van der Waals surface area contributed by atoms with Gasteiger partial charge in [-0.25, -0.2) is 4.79 Å². The third-order valence-corrected chi connectivity index (χ3v) is 5.88. The van der Waals surface area contributed by atoms with Gasteiger partial charge in [-0.15, -0.1) is 0 Å². The van der Waals surface area contributed by atoms with Crippen LogP contribution in [0.15, 0.2) is 42.5 Å². The van der Waals surface area contributed by atoms with Gasteiger partial charge in [0.15, 0.2) is 0 Å². The highest BCUT2D eigenvalue weighted by Gasteiger charge is 2.40. The molecule has 1 aliphatic rings. The van der Waals surface area contributed by atoms with Crippen molar-refractivity contribution in [1.82, 2.24) is 10.2 Å². The number of methoxy groups -OCH3 is 2. The molecule has 2 aromatic rings. The average Bonchev–Trinajstić information content (AvgIpc) is 2.81. The molecule has 0 saturated carbocycles. The van der Waals surface area contributed by atoms with Crippen LogP contribution in [0.1, 0.15) is 68.8 Å². The lowest BCUT2D eigenvalue weighted by Gasteiger charge is -2.44. The summed E-state index contributed by atoms with van der Waals surface area (Å²) in [4.78, 5) is 15.4. The van der Waals surface area contributed by atoms with Gasteiger partial charge in [-0.05, 0) is 74.7 Å². The van der Waals surface area contributed by atoms with E-state index in [1.165, 1.54) is 7.11 Å². The van der Waals surface area contributed by atoms with Crippen LogP contribution in [-0.4, -0.2) is 49.4 Å². The Morgan fingerprint density at radius 3 is 2.44 bits per heavy atom. The zero-order valence-corrected chi connectivity index (χ0v) is 21.1. The number of carbonyl (C=O) groups excluding carboxylic acids is 1. The minimum Gasteiger partial charge on any atom is -0.497 e. The van der Waals surface area contributed by atoms with E-state index in [-0.39, 0.29) is 24.2 Å². The SMILES string of the molecule is CCCCN[C@H]1Cc2cc(OC)ccc2[C@H](c2ccc(C(=N)OC)cc2)N1C(=O)OC(C)(C)C. The fraction of sp³-hybridized carbons (Fsp3) is 0.481. The molecule has 1 aliphatic heterocycles. The van der Waals surface area contributed by atoms with Gasteiger partial charge in [-0.3, -0.25) is 15.6 Å². The highest BCUT2D eigenvalue weighted by molar-refractivity contribution is 5.91. The summed E-state index contributed by atoms with van der Waals surface area (Å²) in [6.07, 6.45) is 2.14. The zero-order valence-electron chi connectivity index (χ0n) is 21.1. The van der Waals surface area contributed by atoms with E-state index < -0.39 is 5.60 Å². The predicted octanol–water partition coefficient (Wildman–Crippen LogP) is 5.27. The second-order valence-corrected chi connectivity index (χ2v) is 9.54. The maximum absolute atomic E-state index is 13.6. The first-order valence-corrected chi connectivity index (χ1v) is 11.8. The smallest absolute Gasteiger partial charge is 0.412 e. The van der Waals surface area contributed by atoms with Crippen LogP contribution in [0.25, 0.3) is 0 Å². The molecule has 7 nitrogen and oxygen atoms in total. The Labute approximate surface area is 202 Å². The lowest BCUT2D eigenvalue weighted by atomic mass is 9.86. The molecule has 34 heavy (non-hydrogen) atoms. The van der Waals surface area contributed by atoms with E-state index in [1.807, 2.05) is 62.1 Å². The van der Waals surface area contributed by atoms with Gasteiger partial charge in [-0.1, -0.05) is 31.5 Å². The fourth-order valence-electron chi connectivity index (χ4n) is 4.23. The summed E-state index contributed by atoms with van der Waals surface area (Å²) >= 11 is 0. The summed E-state index contributed by atoms with van der Waals surface area (Å²) in [5.41, 5.74) is 3.17. The molecule has 0 unspecified atom stereocenters. The van der Waals surface area contributed by atoms with Gasteiger partial charge in [0.2, 0.25) is 5.90 Å². The van der Waals surface area contributed by atoms with Crippen molar-refractivity contribution in [2.75, 3.05) is 20.8 Å². The molecule has 2 aromatic carbocycles. The Kier molecular flexibility index (Phi) is 8.20. The van der Waals surface area contributed by atoms with Gasteiger partial charge in [0, 0.05) is 12.0 Å². The van der Waals surface area contributed by atoms with E-state index in [4.69, 9.17) is 19.6 Å². The first kappa shape index (κ1) is 25.6. The van der Waals surface area contributed by atoms with Crippen molar-refractivity contribution in [3.63, 3.8) is 0 Å². The number of rotatable bonds is 7. The van der Waals surface area contributed by atoms with Gasteiger partial charge in [-0.2, -0.15) is 0 Å². The van der Waals surface area contributed by atoms with Crippen LogP contribution < -0.4 is 10.1 Å². The van der Waals surface area contributed by atoms with E-state index in [0.29, 0.717) is 12.0 Å². The van der Waals surface area contributed by atoms with E-state index in [0.717, 1.165) is 41.8 Å². The molecule has 0 saturated heterocycles. The Morgan fingerprint density at radius 1 is 1.15 bits per heavy atom. The van der Waals surface area contributed by atoms with E-state index in [9.17, 15) is 4.79 Å². The number of ether oxygens (including phenoxy) is 3. The number of fused-ring (bicyclic) bond motifs is 1. The number of hydrogen-bond acceptors (Lipinski definition) is 6. The zero-order chi connectivity index (χ0) is 24.9. The monoisotopic (exact) mass is 467 g/mol. The van der Waals surface area contributed by atoms with Crippen molar-refractivity contribution < 1.29 is 19.0 Å². The lowest BCUT2D eigenvalue weighted by molar-refractivity contribution is 0.00151. The van der Waals surface area contributed by atoms with Gasteiger partial charge >= 0.3 is 6.09 Å². The van der Waals surface area contributed by atoms with E-state index >= 15 is 0 Å². The molecule has 1 heterocycles. The van der Waals surface area contributed by atoms with E-state index in [1.54, 1.807) is 7.11 Å². The minimum atomic E-state index is -0.618.